The van der Waals surface area contributed by atoms with Crippen LogP contribution in [0.2, 0.25) is 0 Å². The maximum atomic E-state index is 5.69. The molecule has 0 fully saturated rings. The quantitative estimate of drug-likeness (QED) is 0.803. The van der Waals surface area contributed by atoms with E-state index >= 15 is 0 Å². The molecule has 2 aromatic rings. The Bertz CT molecular complexity index is 460. The van der Waals surface area contributed by atoms with E-state index in [-0.39, 0.29) is 0 Å². The summed E-state index contributed by atoms with van der Waals surface area (Å²) in [4.78, 5) is 4.22. The molecular weight excluding hydrogens is 190 g/mol. The third-order valence-electron chi connectivity index (χ3n) is 2.14. The van der Waals surface area contributed by atoms with Crippen molar-refractivity contribution < 1.29 is 0 Å². The van der Waals surface area contributed by atoms with Gasteiger partial charge in [0.05, 0.1) is 0 Å². The Balaban J connectivity index is 2.49. The predicted octanol–water partition coefficient (Wildman–Crippen LogP) is 1.50. The number of nitrogens with two attached hydrogens (primary N) is 1. The number of anilines is 1. The first-order valence-corrected chi connectivity index (χ1v) is 4.80. The summed E-state index contributed by atoms with van der Waals surface area (Å²) in [5, 5.41) is 7.93. The van der Waals surface area contributed by atoms with Crippen molar-refractivity contribution in [1.82, 2.24) is 19.7 Å². The van der Waals surface area contributed by atoms with Gasteiger partial charge in [0.1, 0.15) is 12.0 Å². The predicted molar refractivity (Wildman–Crippen MR) is 58.1 cm³/mol. The summed E-state index contributed by atoms with van der Waals surface area (Å²) in [5.74, 6) is 0.748. The van der Waals surface area contributed by atoms with Gasteiger partial charge in [0.2, 0.25) is 0 Å². The lowest BCUT2D eigenvalue weighted by Gasteiger charge is -2.09. The summed E-state index contributed by atoms with van der Waals surface area (Å²) >= 11 is 0. The Morgan fingerprint density at radius 3 is 2.87 bits per heavy atom. The fourth-order valence-electron chi connectivity index (χ4n) is 1.37. The van der Waals surface area contributed by atoms with Crippen LogP contribution < -0.4 is 5.73 Å². The van der Waals surface area contributed by atoms with Gasteiger partial charge < -0.3 is 10.3 Å². The van der Waals surface area contributed by atoms with E-state index in [0.29, 0.717) is 11.7 Å². The fourth-order valence-corrected chi connectivity index (χ4v) is 1.37. The first-order chi connectivity index (χ1) is 7.18. The molecule has 2 aromatic heterocycles. The highest BCUT2D eigenvalue weighted by Crippen LogP contribution is 2.19. The Morgan fingerprint density at radius 2 is 2.20 bits per heavy atom. The van der Waals surface area contributed by atoms with E-state index in [2.05, 4.69) is 29.0 Å². The standard InChI is InChI=1S/C10H13N5/c1-7(2)15-6-13-14-10(15)9-5-8(11)3-4-12-9/h3-7H,1-2H3,(H2,11,12). The maximum absolute atomic E-state index is 5.69. The smallest absolute Gasteiger partial charge is 0.182 e. The van der Waals surface area contributed by atoms with Gasteiger partial charge in [-0.1, -0.05) is 0 Å². The third-order valence-corrected chi connectivity index (χ3v) is 2.14. The number of hydrogen-bond acceptors (Lipinski definition) is 4. The Labute approximate surface area is 88.0 Å². The van der Waals surface area contributed by atoms with Crippen molar-refractivity contribution in [2.45, 2.75) is 19.9 Å². The van der Waals surface area contributed by atoms with Gasteiger partial charge in [-0.2, -0.15) is 0 Å². The molecule has 5 heteroatoms. The minimum atomic E-state index is 0.304. The monoisotopic (exact) mass is 203 g/mol. The van der Waals surface area contributed by atoms with Crippen molar-refractivity contribution in [3.05, 3.63) is 24.7 Å². The highest BCUT2D eigenvalue weighted by molar-refractivity contribution is 5.55. The molecule has 0 aromatic carbocycles. The van der Waals surface area contributed by atoms with Gasteiger partial charge >= 0.3 is 0 Å². The summed E-state index contributed by atoms with van der Waals surface area (Å²) < 4.78 is 1.96. The summed E-state index contributed by atoms with van der Waals surface area (Å²) in [6.07, 6.45) is 3.37. The van der Waals surface area contributed by atoms with E-state index < -0.39 is 0 Å². The molecule has 78 valence electrons. The minimum Gasteiger partial charge on any atom is -0.399 e. The second-order valence-corrected chi connectivity index (χ2v) is 3.63. The molecule has 0 saturated heterocycles. The molecule has 2 rings (SSSR count). The van der Waals surface area contributed by atoms with Crippen LogP contribution in [0.1, 0.15) is 19.9 Å². The average molecular weight is 203 g/mol. The molecule has 0 saturated carbocycles. The first-order valence-electron chi connectivity index (χ1n) is 4.80. The third kappa shape index (κ3) is 1.81. The second kappa shape index (κ2) is 3.68. The van der Waals surface area contributed by atoms with Crippen molar-refractivity contribution in [2.75, 3.05) is 5.73 Å². The van der Waals surface area contributed by atoms with Crippen molar-refractivity contribution in [2.24, 2.45) is 0 Å². The Morgan fingerprint density at radius 1 is 1.40 bits per heavy atom. The van der Waals surface area contributed by atoms with Gasteiger partial charge in [0.25, 0.3) is 0 Å². The first kappa shape index (κ1) is 9.64. The van der Waals surface area contributed by atoms with Crippen molar-refractivity contribution in [3.8, 4) is 11.5 Å². The van der Waals surface area contributed by atoms with Crippen LogP contribution in [-0.2, 0) is 0 Å². The van der Waals surface area contributed by atoms with Gasteiger partial charge in [-0.15, -0.1) is 10.2 Å². The van der Waals surface area contributed by atoms with E-state index in [1.54, 1.807) is 24.7 Å². The van der Waals surface area contributed by atoms with Crippen LogP contribution in [0.4, 0.5) is 5.69 Å². The van der Waals surface area contributed by atoms with Crippen molar-refractivity contribution in [3.63, 3.8) is 0 Å². The average Bonchev–Trinajstić information content (AvgIpc) is 2.65. The normalized spacial score (nSPS) is 10.9. The summed E-state index contributed by atoms with van der Waals surface area (Å²) in [5.41, 5.74) is 7.12. The number of pyridine rings is 1. The van der Waals surface area contributed by atoms with Gasteiger partial charge in [-0.25, -0.2) is 0 Å². The van der Waals surface area contributed by atoms with Crippen LogP contribution in [0.15, 0.2) is 24.7 Å². The van der Waals surface area contributed by atoms with Gasteiger partial charge in [0, 0.05) is 17.9 Å². The lowest BCUT2D eigenvalue weighted by molar-refractivity contribution is 0.603. The van der Waals surface area contributed by atoms with E-state index in [9.17, 15) is 0 Å². The SMILES string of the molecule is CC(C)n1cnnc1-c1cc(N)ccn1. The van der Waals surface area contributed by atoms with E-state index in [0.717, 1.165) is 11.5 Å². The van der Waals surface area contributed by atoms with Crippen molar-refractivity contribution >= 4 is 5.69 Å². The highest BCUT2D eigenvalue weighted by atomic mass is 15.3. The number of aromatic nitrogens is 4. The zero-order chi connectivity index (χ0) is 10.8. The summed E-state index contributed by atoms with van der Waals surface area (Å²) in [7, 11) is 0. The lowest BCUT2D eigenvalue weighted by atomic mass is 10.3. The van der Waals surface area contributed by atoms with E-state index in [1.807, 2.05) is 4.57 Å². The lowest BCUT2D eigenvalue weighted by Crippen LogP contribution is -2.03. The molecule has 0 aliphatic carbocycles. The number of nitrogen functional groups attached to an aromatic ring is 1. The number of rotatable bonds is 2. The van der Waals surface area contributed by atoms with Crippen LogP contribution in [0.3, 0.4) is 0 Å². The number of hydrogen-bond donors (Lipinski definition) is 1. The van der Waals surface area contributed by atoms with Crippen LogP contribution >= 0.6 is 0 Å². The largest absolute Gasteiger partial charge is 0.399 e. The molecule has 2 heterocycles. The molecule has 0 atom stereocenters. The molecule has 0 unspecified atom stereocenters. The molecule has 0 bridgehead atoms. The van der Waals surface area contributed by atoms with E-state index in [4.69, 9.17) is 5.73 Å². The Hall–Kier alpha value is -1.91. The van der Waals surface area contributed by atoms with E-state index in [1.165, 1.54) is 0 Å². The van der Waals surface area contributed by atoms with Gasteiger partial charge in [-0.3, -0.25) is 4.98 Å². The molecule has 2 N–H and O–H groups in total. The van der Waals surface area contributed by atoms with Crippen LogP contribution in [-0.4, -0.2) is 19.7 Å². The van der Waals surface area contributed by atoms with Crippen LogP contribution in [0, 0.1) is 0 Å². The van der Waals surface area contributed by atoms with Crippen LogP contribution in [0.25, 0.3) is 11.5 Å². The van der Waals surface area contributed by atoms with Gasteiger partial charge in [0.15, 0.2) is 5.82 Å². The molecular formula is C10H13N5. The zero-order valence-electron chi connectivity index (χ0n) is 8.75. The maximum Gasteiger partial charge on any atom is 0.182 e. The molecule has 5 nitrogen and oxygen atoms in total. The minimum absolute atomic E-state index is 0.304. The summed E-state index contributed by atoms with van der Waals surface area (Å²) in [6.45, 7) is 4.14. The number of nitrogens with zero attached hydrogens (tertiary/aromatic N) is 4. The molecule has 0 spiro atoms. The highest BCUT2D eigenvalue weighted by Gasteiger charge is 2.10. The molecule has 0 aliphatic heterocycles. The van der Waals surface area contributed by atoms with Crippen LogP contribution in [0.5, 0.6) is 0 Å². The molecule has 0 amide bonds. The fraction of sp³-hybridized carbons (Fsp3) is 0.300. The molecule has 0 aliphatic rings. The Kier molecular flexibility index (Phi) is 2.37. The molecule has 0 radical (unpaired) electrons. The van der Waals surface area contributed by atoms with Crippen molar-refractivity contribution in [1.29, 1.82) is 0 Å². The summed E-state index contributed by atoms with van der Waals surface area (Å²) in [6, 6.07) is 3.85. The topological polar surface area (TPSA) is 69.6 Å². The molecule has 15 heavy (non-hydrogen) atoms. The zero-order valence-corrected chi connectivity index (χ0v) is 8.75. The van der Waals surface area contributed by atoms with Gasteiger partial charge in [-0.05, 0) is 26.0 Å². The second-order valence-electron chi connectivity index (χ2n) is 3.63.